The molecule has 0 aliphatic carbocycles. The molecule has 0 unspecified atom stereocenters. The number of hydrogen-bond donors (Lipinski definition) is 0. The van der Waals surface area contributed by atoms with Crippen molar-refractivity contribution < 1.29 is 0 Å². The van der Waals surface area contributed by atoms with Crippen molar-refractivity contribution >= 4 is 16.0 Å². The minimum absolute atomic E-state index is 1.25. The van der Waals surface area contributed by atoms with Gasteiger partial charge in [0.1, 0.15) is 0 Å². The van der Waals surface area contributed by atoms with Gasteiger partial charge in [0.25, 0.3) is 0 Å². The average molecular weight is 361 g/mol. The van der Waals surface area contributed by atoms with E-state index in [4.69, 9.17) is 0 Å². The van der Waals surface area contributed by atoms with Gasteiger partial charge in [-0.15, -0.1) is 0 Å². The Labute approximate surface area is 144 Å². The molecule has 0 atom stereocenters. The molecule has 0 fully saturated rings. The van der Waals surface area contributed by atoms with Crippen molar-refractivity contribution in [1.29, 1.82) is 0 Å². The number of hydrogen-bond acceptors (Lipinski definition) is 0. The van der Waals surface area contributed by atoms with Crippen LogP contribution in [0.4, 0.5) is 0 Å². The molecule has 0 amide bonds. The van der Waals surface area contributed by atoms with E-state index in [2.05, 4.69) is 22.9 Å². The normalized spacial score (nSPS) is 11.1. The summed E-state index contributed by atoms with van der Waals surface area (Å²) in [6.07, 6.45) is 26.4. The van der Waals surface area contributed by atoms with Crippen molar-refractivity contribution in [2.45, 2.75) is 128 Å². The zero-order valence-electron chi connectivity index (χ0n) is 14.8. The molecule has 0 saturated heterocycles. The summed E-state index contributed by atoms with van der Waals surface area (Å²) in [5.74, 6) is 0. The van der Waals surface area contributed by atoms with Crippen LogP contribution in [0.5, 0.6) is 0 Å². The standard InChI is InChI=1S/C20H41Se/c1-2-3-4-5-6-7-8-9-10-11-12-13-14-15-16-17-18-19-20-21/h2-20H2,1H3. The second-order valence-electron chi connectivity index (χ2n) is 6.71. The zero-order chi connectivity index (χ0) is 15.4. The Balaban J connectivity index is 2.90. The summed E-state index contributed by atoms with van der Waals surface area (Å²) in [4.78, 5) is 0. The Morgan fingerprint density at radius 2 is 0.619 bits per heavy atom. The zero-order valence-corrected chi connectivity index (χ0v) is 16.6. The Morgan fingerprint density at radius 1 is 0.381 bits per heavy atom. The molecule has 0 bridgehead atoms. The van der Waals surface area contributed by atoms with Crippen molar-refractivity contribution in [2.24, 2.45) is 0 Å². The fourth-order valence-electron chi connectivity index (χ4n) is 3.00. The second-order valence-corrected chi connectivity index (χ2v) is 7.57. The van der Waals surface area contributed by atoms with Crippen LogP contribution in [0.2, 0.25) is 5.32 Å². The molecule has 0 nitrogen and oxygen atoms in total. The Hall–Kier alpha value is 0.519. The number of rotatable bonds is 18. The first-order valence-electron chi connectivity index (χ1n) is 10.00. The number of unbranched alkanes of at least 4 members (excludes halogenated alkanes) is 17. The second kappa shape index (κ2) is 20.5. The molecule has 1 radical (unpaired) electrons. The van der Waals surface area contributed by atoms with Gasteiger partial charge >= 0.3 is 92.0 Å². The molecule has 0 spiro atoms. The fourth-order valence-corrected chi connectivity index (χ4v) is 3.43. The maximum absolute atomic E-state index is 3.10. The van der Waals surface area contributed by atoms with Crippen LogP contribution in [0.1, 0.15) is 122 Å². The summed E-state index contributed by atoms with van der Waals surface area (Å²) in [6.45, 7) is 2.30. The Morgan fingerprint density at radius 3 is 0.857 bits per heavy atom. The first-order valence-corrected chi connectivity index (χ1v) is 11.2. The van der Waals surface area contributed by atoms with E-state index in [-0.39, 0.29) is 0 Å². The third-order valence-corrected chi connectivity index (χ3v) is 5.10. The van der Waals surface area contributed by atoms with Crippen LogP contribution in [-0.2, 0) is 0 Å². The molecule has 0 N–H and O–H groups in total. The molecule has 21 heavy (non-hydrogen) atoms. The van der Waals surface area contributed by atoms with Crippen LogP contribution in [-0.4, -0.2) is 16.0 Å². The molecule has 127 valence electrons. The Kier molecular flexibility index (Phi) is 21.0. The summed E-state index contributed by atoms with van der Waals surface area (Å²) in [5, 5.41) is 1.25. The topological polar surface area (TPSA) is 0 Å². The Bertz CT molecular complexity index is 149. The molecular formula is C20H41Se. The van der Waals surface area contributed by atoms with Gasteiger partial charge in [-0.05, 0) is 0 Å². The van der Waals surface area contributed by atoms with Gasteiger partial charge in [-0.2, -0.15) is 0 Å². The molecule has 0 aliphatic rings. The SMILES string of the molecule is CCCCCCCCCCCCCCCCCCCC[Se]. The van der Waals surface area contributed by atoms with Crippen LogP contribution < -0.4 is 0 Å². The first kappa shape index (κ1) is 21.5. The van der Waals surface area contributed by atoms with Crippen LogP contribution in [0.15, 0.2) is 0 Å². The van der Waals surface area contributed by atoms with E-state index in [0.717, 1.165) is 0 Å². The van der Waals surface area contributed by atoms with Gasteiger partial charge in [0.2, 0.25) is 0 Å². The molecule has 0 rings (SSSR count). The van der Waals surface area contributed by atoms with Gasteiger partial charge < -0.3 is 0 Å². The molecule has 0 aliphatic heterocycles. The molecule has 0 saturated carbocycles. The predicted molar refractivity (Wildman–Crippen MR) is 99.3 cm³/mol. The fraction of sp³-hybridized carbons (Fsp3) is 1.00. The monoisotopic (exact) mass is 361 g/mol. The minimum atomic E-state index is 1.25. The van der Waals surface area contributed by atoms with E-state index in [0.29, 0.717) is 0 Å². The summed E-state index contributed by atoms with van der Waals surface area (Å²) in [5.41, 5.74) is 0. The van der Waals surface area contributed by atoms with E-state index in [1.165, 1.54) is 121 Å². The summed E-state index contributed by atoms with van der Waals surface area (Å²) < 4.78 is 0. The first-order chi connectivity index (χ1) is 10.4. The van der Waals surface area contributed by atoms with Crippen molar-refractivity contribution in [3.8, 4) is 0 Å². The predicted octanol–water partition coefficient (Wildman–Crippen LogP) is 7.61. The van der Waals surface area contributed by atoms with Crippen LogP contribution >= 0.6 is 0 Å². The summed E-state index contributed by atoms with van der Waals surface area (Å²) in [7, 11) is 0. The van der Waals surface area contributed by atoms with Gasteiger partial charge in [0.15, 0.2) is 0 Å². The molecule has 0 aromatic heterocycles. The van der Waals surface area contributed by atoms with Gasteiger partial charge in [0.05, 0.1) is 0 Å². The third-order valence-electron chi connectivity index (χ3n) is 4.50. The van der Waals surface area contributed by atoms with E-state index < -0.39 is 0 Å². The van der Waals surface area contributed by atoms with E-state index >= 15 is 0 Å². The van der Waals surface area contributed by atoms with E-state index in [9.17, 15) is 0 Å². The maximum atomic E-state index is 3.10. The molecule has 1 heteroatoms. The van der Waals surface area contributed by atoms with Crippen molar-refractivity contribution in [3.63, 3.8) is 0 Å². The molecule has 0 aromatic carbocycles. The van der Waals surface area contributed by atoms with Gasteiger partial charge in [-0.1, -0.05) is 51.9 Å². The van der Waals surface area contributed by atoms with Crippen molar-refractivity contribution in [1.82, 2.24) is 0 Å². The summed E-state index contributed by atoms with van der Waals surface area (Å²) >= 11 is 3.10. The van der Waals surface area contributed by atoms with Crippen LogP contribution in [0.25, 0.3) is 0 Å². The van der Waals surface area contributed by atoms with Gasteiger partial charge in [-0.25, -0.2) is 0 Å². The molecule has 0 aromatic rings. The van der Waals surface area contributed by atoms with Crippen molar-refractivity contribution in [2.75, 3.05) is 0 Å². The van der Waals surface area contributed by atoms with Gasteiger partial charge in [0, 0.05) is 0 Å². The van der Waals surface area contributed by atoms with Crippen molar-refractivity contribution in [3.05, 3.63) is 0 Å². The van der Waals surface area contributed by atoms with Crippen LogP contribution in [0, 0.1) is 0 Å². The van der Waals surface area contributed by atoms with Gasteiger partial charge in [-0.3, -0.25) is 0 Å². The third kappa shape index (κ3) is 20.5. The molecular weight excluding hydrogens is 319 g/mol. The average Bonchev–Trinajstić information content (AvgIpc) is 2.50. The van der Waals surface area contributed by atoms with Crippen LogP contribution in [0.3, 0.4) is 0 Å². The molecule has 0 heterocycles. The quantitative estimate of drug-likeness (QED) is 0.174. The van der Waals surface area contributed by atoms with E-state index in [1.54, 1.807) is 0 Å². The van der Waals surface area contributed by atoms with E-state index in [1.807, 2.05) is 0 Å². The summed E-state index contributed by atoms with van der Waals surface area (Å²) in [6, 6.07) is 0.